The van der Waals surface area contributed by atoms with Gasteiger partial charge in [-0.25, -0.2) is 10.2 Å². The Morgan fingerprint density at radius 1 is 1.21 bits per heavy atom. The molecule has 0 bridgehead atoms. The smallest absolute Gasteiger partial charge is 0.329 e. The summed E-state index contributed by atoms with van der Waals surface area (Å²) in [6.45, 7) is 1.94. The number of hydrazone groups is 1. The van der Waals surface area contributed by atoms with Crippen LogP contribution in [0.15, 0.2) is 69.3 Å². The summed E-state index contributed by atoms with van der Waals surface area (Å²) >= 11 is 0. The lowest BCUT2D eigenvalue weighted by molar-refractivity contribution is 0.0938. The zero-order valence-corrected chi connectivity index (χ0v) is 18.2. The lowest BCUT2D eigenvalue weighted by Crippen LogP contribution is -2.30. The molecule has 0 radical (unpaired) electrons. The fraction of sp³-hybridized carbons (Fsp3) is 0.217. The van der Waals surface area contributed by atoms with Crippen LogP contribution < -0.4 is 21.4 Å². The van der Waals surface area contributed by atoms with Gasteiger partial charge in [0.05, 0.1) is 12.8 Å². The molecule has 33 heavy (non-hydrogen) atoms. The Bertz CT molecular complexity index is 1400. The summed E-state index contributed by atoms with van der Waals surface area (Å²) in [5.41, 5.74) is 3.85. The second kappa shape index (κ2) is 9.53. The van der Waals surface area contributed by atoms with Gasteiger partial charge in [-0.2, -0.15) is 10.1 Å². The predicted molar refractivity (Wildman–Crippen MR) is 126 cm³/mol. The molecular weight excluding hydrogens is 424 g/mol. The number of ether oxygens (including phenoxy) is 1. The molecule has 0 unspecified atom stereocenters. The maximum atomic E-state index is 12.6. The highest BCUT2D eigenvalue weighted by molar-refractivity contribution is 5.80. The van der Waals surface area contributed by atoms with Crippen molar-refractivity contribution < 1.29 is 9.84 Å². The summed E-state index contributed by atoms with van der Waals surface area (Å²) in [6.07, 6.45) is 0.641. The SMILES string of the molecule is Cc1cccc(OC[C@H](O)Cn2c(N/N=C\c3ccccc3)nc3c2c(=O)[nH]c(=O)n3C)c1. The molecule has 0 saturated heterocycles. The van der Waals surface area contributed by atoms with E-state index in [-0.39, 0.29) is 30.3 Å². The van der Waals surface area contributed by atoms with Crippen LogP contribution >= 0.6 is 0 Å². The Morgan fingerprint density at radius 2 is 2.00 bits per heavy atom. The number of aryl methyl sites for hydroxylation is 2. The number of benzene rings is 2. The molecule has 0 fully saturated rings. The molecule has 4 rings (SSSR count). The predicted octanol–water partition coefficient (Wildman–Crippen LogP) is 1.62. The normalized spacial score (nSPS) is 12.3. The Morgan fingerprint density at radius 3 is 2.76 bits per heavy atom. The lowest BCUT2D eigenvalue weighted by atomic mass is 10.2. The van der Waals surface area contributed by atoms with Crippen molar-refractivity contribution >= 4 is 23.3 Å². The highest BCUT2D eigenvalue weighted by Gasteiger charge is 2.20. The fourth-order valence-electron chi connectivity index (χ4n) is 3.36. The van der Waals surface area contributed by atoms with Crippen LogP contribution in [0.25, 0.3) is 11.2 Å². The Hall–Kier alpha value is -4.18. The van der Waals surface area contributed by atoms with Crippen LogP contribution in [0, 0.1) is 6.92 Å². The van der Waals surface area contributed by atoms with Crippen molar-refractivity contribution in [1.82, 2.24) is 19.1 Å². The number of aliphatic hydroxyl groups excluding tert-OH is 1. The zero-order chi connectivity index (χ0) is 23.4. The summed E-state index contributed by atoms with van der Waals surface area (Å²) in [5.74, 6) is 0.842. The monoisotopic (exact) mass is 448 g/mol. The Labute approximate surface area is 188 Å². The van der Waals surface area contributed by atoms with Gasteiger partial charge in [0.15, 0.2) is 11.2 Å². The van der Waals surface area contributed by atoms with Crippen molar-refractivity contribution in [1.29, 1.82) is 0 Å². The topological polar surface area (TPSA) is 127 Å². The van der Waals surface area contributed by atoms with Gasteiger partial charge >= 0.3 is 5.69 Å². The molecule has 0 amide bonds. The van der Waals surface area contributed by atoms with Crippen LogP contribution in [0.2, 0.25) is 0 Å². The molecular formula is C23H24N6O4. The maximum absolute atomic E-state index is 12.6. The van der Waals surface area contributed by atoms with E-state index in [1.165, 1.54) is 16.2 Å². The molecule has 0 saturated carbocycles. The summed E-state index contributed by atoms with van der Waals surface area (Å²) in [5, 5.41) is 14.8. The van der Waals surface area contributed by atoms with Crippen molar-refractivity contribution in [2.24, 2.45) is 12.1 Å². The van der Waals surface area contributed by atoms with Gasteiger partial charge in [-0.05, 0) is 30.2 Å². The number of aliphatic hydroxyl groups is 1. The number of aromatic nitrogens is 4. The average molecular weight is 448 g/mol. The van der Waals surface area contributed by atoms with Crippen molar-refractivity contribution in [3.63, 3.8) is 0 Å². The van der Waals surface area contributed by atoms with Gasteiger partial charge in [-0.1, -0.05) is 42.5 Å². The molecule has 2 aromatic carbocycles. The van der Waals surface area contributed by atoms with Crippen LogP contribution in [0.4, 0.5) is 5.95 Å². The first-order chi connectivity index (χ1) is 15.9. The minimum Gasteiger partial charge on any atom is -0.491 e. The molecule has 4 aromatic rings. The molecule has 0 spiro atoms. The van der Waals surface area contributed by atoms with Crippen molar-refractivity contribution in [2.45, 2.75) is 19.6 Å². The van der Waals surface area contributed by atoms with Crippen LogP contribution in [0.5, 0.6) is 5.75 Å². The molecule has 1 atom stereocenters. The minimum atomic E-state index is -0.960. The van der Waals surface area contributed by atoms with E-state index in [0.29, 0.717) is 5.75 Å². The fourth-order valence-corrected chi connectivity index (χ4v) is 3.36. The first-order valence-electron chi connectivity index (χ1n) is 10.3. The summed E-state index contributed by atoms with van der Waals surface area (Å²) in [6, 6.07) is 16.9. The molecule has 2 aromatic heterocycles. The van der Waals surface area contributed by atoms with Crippen LogP contribution in [0.3, 0.4) is 0 Å². The second-order valence-corrected chi connectivity index (χ2v) is 7.60. The van der Waals surface area contributed by atoms with E-state index in [0.717, 1.165) is 11.1 Å². The van der Waals surface area contributed by atoms with Crippen molar-refractivity contribution in [3.05, 3.63) is 86.6 Å². The maximum Gasteiger partial charge on any atom is 0.329 e. The average Bonchev–Trinajstić information content (AvgIpc) is 3.15. The van der Waals surface area contributed by atoms with E-state index in [2.05, 4.69) is 20.5 Å². The molecule has 0 aliphatic heterocycles. The first kappa shape index (κ1) is 22.0. The van der Waals surface area contributed by atoms with E-state index in [9.17, 15) is 14.7 Å². The van der Waals surface area contributed by atoms with Crippen molar-refractivity contribution in [3.8, 4) is 5.75 Å². The first-order valence-corrected chi connectivity index (χ1v) is 10.3. The van der Waals surface area contributed by atoms with Gasteiger partial charge in [0, 0.05) is 7.05 Å². The highest BCUT2D eigenvalue weighted by Crippen LogP contribution is 2.17. The number of nitrogens with one attached hydrogen (secondary N) is 2. The number of hydrogen-bond donors (Lipinski definition) is 3. The van der Waals surface area contributed by atoms with Gasteiger partial charge < -0.3 is 14.4 Å². The molecule has 10 heteroatoms. The zero-order valence-electron chi connectivity index (χ0n) is 18.2. The Balaban J connectivity index is 1.62. The van der Waals surface area contributed by atoms with Crippen LogP contribution in [-0.2, 0) is 13.6 Å². The number of anilines is 1. The second-order valence-electron chi connectivity index (χ2n) is 7.60. The third-order valence-corrected chi connectivity index (χ3v) is 5.01. The summed E-state index contributed by atoms with van der Waals surface area (Å²) in [4.78, 5) is 31.2. The third kappa shape index (κ3) is 5.01. The number of imidazole rings is 1. The summed E-state index contributed by atoms with van der Waals surface area (Å²) in [7, 11) is 1.51. The third-order valence-electron chi connectivity index (χ3n) is 5.01. The van der Waals surface area contributed by atoms with Gasteiger partial charge in [0.1, 0.15) is 18.5 Å². The molecule has 0 aliphatic carbocycles. The van der Waals surface area contributed by atoms with Crippen LogP contribution in [0.1, 0.15) is 11.1 Å². The van der Waals surface area contributed by atoms with Crippen molar-refractivity contribution in [2.75, 3.05) is 12.0 Å². The Kier molecular flexibility index (Phi) is 6.36. The van der Waals surface area contributed by atoms with Gasteiger partial charge in [-0.15, -0.1) is 0 Å². The van der Waals surface area contributed by atoms with E-state index in [1.54, 1.807) is 12.3 Å². The van der Waals surface area contributed by atoms with E-state index >= 15 is 0 Å². The van der Waals surface area contributed by atoms with Gasteiger partial charge in [0.25, 0.3) is 5.56 Å². The van der Waals surface area contributed by atoms with E-state index in [4.69, 9.17) is 4.74 Å². The molecule has 10 nitrogen and oxygen atoms in total. The lowest BCUT2D eigenvalue weighted by Gasteiger charge is -2.15. The quantitative estimate of drug-likeness (QED) is 0.278. The molecule has 170 valence electrons. The number of aromatic amines is 1. The largest absolute Gasteiger partial charge is 0.491 e. The molecule has 3 N–H and O–H groups in total. The van der Waals surface area contributed by atoms with Gasteiger partial charge in [-0.3, -0.25) is 14.3 Å². The standard InChI is InChI=1S/C23H24N6O4/c1-15-7-6-10-18(11-15)33-14-17(30)13-29-19-20(28(2)23(32)26-21(19)31)25-22(29)27-24-12-16-8-4-3-5-9-16/h3-12,17,30H,13-14H2,1-2H3,(H,25,27)(H,26,31,32)/b24-12-/t17-/m1/s1. The number of fused-ring (bicyclic) bond motifs is 1. The van der Waals surface area contributed by atoms with Gasteiger partial charge in [0.2, 0.25) is 5.95 Å². The number of H-pyrrole nitrogens is 1. The number of hydrogen-bond acceptors (Lipinski definition) is 7. The highest BCUT2D eigenvalue weighted by atomic mass is 16.5. The van der Waals surface area contributed by atoms with Crippen LogP contribution in [-0.4, -0.2) is 43.1 Å². The molecule has 0 aliphatic rings. The van der Waals surface area contributed by atoms with E-state index in [1.807, 2.05) is 55.5 Å². The summed E-state index contributed by atoms with van der Waals surface area (Å²) < 4.78 is 8.40. The minimum absolute atomic E-state index is 0.000477. The number of rotatable bonds is 8. The molecule has 2 heterocycles. The number of nitrogens with zero attached hydrogens (tertiary/aromatic N) is 4. The van der Waals surface area contributed by atoms with E-state index < -0.39 is 17.4 Å².